The Labute approximate surface area is 169 Å². The van der Waals surface area contributed by atoms with Gasteiger partial charge in [-0.1, -0.05) is 48.0 Å². The van der Waals surface area contributed by atoms with Gasteiger partial charge in [0.2, 0.25) is 0 Å². The molecule has 0 fully saturated rings. The van der Waals surface area contributed by atoms with Crippen LogP contribution < -0.4 is 10.6 Å². The molecule has 5 nitrogen and oxygen atoms in total. The zero-order valence-corrected chi connectivity index (χ0v) is 16.9. The van der Waals surface area contributed by atoms with Crippen molar-refractivity contribution in [3.05, 3.63) is 70.3 Å². The van der Waals surface area contributed by atoms with Crippen LogP contribution in [-0.4, -0.2) is 24.0 Å². The van der Waals surface area contributed by atoms with E-state index in [4.69, 9.17) is 16.3 Å². The maximum Gasteiger partial charge on any atom is 0.345 e. The molecule has 0 unspecified atom stereocenters. The number of para-hydroxylation sites is 1. The SMILES string of the molecule is CCOC(=O)/C(C(=O)Nc1ccccc1Cl)=C1\NC(C)(C)Cc2ccccc21. The zero-order chi connectivity index (χ0) is 20.3. The summed E-state index contributed by atoms with van der Waals surface area (Å²) in [5.41, 5.74) is 2.39. The summed E-state index contributed by atoms with van der Waals surface area (Å²) in [6, 6.07) is 14.6. The van der Waals surface area contributed by atoms with Gasteiger partial charge in [0.25, 0.3) is 5.91 Å². The normalized spacial score (nSPS) is 16.4. The Bertz CT molecular complexity index is 950. The van der Waals surface area contributed by atoms with Crippen molar-refractivity contribution in [2.45, 2.75) is 32.7 Å². The van der Waals surface area contributed by atoms with Crippen molar-refractivity contribution in [2.24, 2.45) is 0 Å². The Morgan fingerprint density at radius 2 is 1.82 bits per heavy atom. The molecule has 146 valence electrons. The number of carbonyl (C=O) groups is 2. The Balaban J connectivity index is 2.13. The highest BCUT2D eigenvalue weighted by Gasteiger charge is 2.34. The third-order valence-corrected chi connectivity index (χ3v) is 4.79. The zero-order valence-electron chi connectivity index (χ0n) is 16.1. The van der Waals surface area contributed by atoms with E-state index in [0.29, 0.717) is 16.4 Å². The van der Waals surface area contributed by atoms with Crippen molar-refractivity contribution in [1.82, 2.24) is 5.32 Å². The van der Waals surface area contributed by atoms with Crippen molar-refractivity contribution < 1.29 is 14.3 Å². The van der Waals surface area contributed by atoms with Crippen molar-refractivity contribution in [2.75, 3.05) is 11.9 Å². The van der Waals surface area contributed by atoms with Gasteiger partial charge in [0.05, 0.1) is 23.0 Å². The molecule has 2 N–H and O–H groups in total. The lowest BCUT2D eigenvalue weighted by Gasteiger charge is -2.36. The number of nitrogens with one attached hydrogen (secondary N) is 2. The average Bonchev–Trinajstić information content (AvgIpc) is 2.63. The van der Waals surface area contributed by atoms with E-state index >= 15 is 0 Å². The van der Waals surface area contributed by atoms with Crippen LogP contribution in [0, 0.1) is 0 Å². The summed E-state index contributed by atoms with van der Waals surface area (Å²) in [6.07, 6.45) is 0.773. The first kappa shape index (κ1) is 20.0. The molecule has 3 rings (SSSR count). The molecule has 1 heterocycles. The Morgan fingerprint density at radius 1 is 1.14 bits per heavy atom. The van der Waals surface area contributed by atoms with Crippen LogP contribution in [0.1, 0.15) is 31.9 Å². The maximum atomic E-state index is 13.1. The highest BCUT2D eigenvalue weighted by molar-refractivity contribution is 6.34. The van der Waals surface area contributed by atoms with Crippen molar-refractivity contribution >= 4 is 34.9 Å². The quantitative estimate of drug-likeness (QED) is 0.351. The lowest BCUT2D eigenvalue weighted by Crippen LogP contribution is -2.45. The number of carbonyl (C=O) groups excluding carboxylic acids is 2. The highest BCUT2D eigenvalue weighted by Crippen LogP contribution is 2.32. The van der Waals surface area contributed by atoms with Crippen LogP contribution in [0.5, 0.6) is 0 Å². The number of hydrogen-bond acceptors (Lipinski definition) is 4. The van der Waals surface area contributed by atoms with Gasteiger partial charge < -0.3 is 15.4 Å². The molecular formula is C22H23ClN2O3. The monoisotopic (exact) mass is 398 g/mol. The van der Waals surface area contributed by atoms with E-state index < -0.39 is 11.9 Å². The molecule has 0 aromatic heterocycles. The second-order valence-corrected chi connectivity index (χ2v) is 7.65. The Kier molecular flexibility index (Phi) is 5.75. The molecular weight excluding hydrogens is 376 g/mol. The van der Waals surface area contributed by atoms with Crippen LogP contribution in [0.2, 0.25) is 5.02 Å². The lowest BCUT2D eigenvalue weighted by atomic mass is 9.84. The van der Waals surface area contributed by atoms with E-state index in [2.05, 4.69) is 10.6 Å². The molecule has 0 spiro atoms. The predicted octanol–water partition coefficient (Wildman–Crippen LogP) is 4.18. The first-order chi connectivity index (χ1) is 13.3. The van der Waals surface area contributed by atoms with Gasteiger partial charge in [-0.3, -0.25) is 4.79 Å². The van der Waals surface area contributed by atoms with Crippen LogP contribution in [0.15, 0.2) is 54.1 Å². The third-order valence-electron chi connectivity index (χ3n) is 4.46. The molecule has 28 heavy (non-hydrogen) atoms. The van der Waals surface area contributed by atoms with Crippen LogP contribution in [0.25, 0.3) is 5.70 Å². The number of amides is 1. The fraction of sp³-hybridized carbons (Fsp3) is 0.273. The summed E-state index contributed by atoms with van der Waals surface area (Å²) in [5.74, 6) is -1.25. The summed E-state index contributed by atoms with van der Waals surface area (Å²) in [6.45, 7) is 5.92. The molecule has 2 aromatic rings. The number of rotatable bonds is 4. The lowest BCUT2D eigenvalue weighted by molar-refractivity contribution is -0.139. The molecule has 0 saturated carbocycles. The van der Waals surface area contributed by atoms with E-state index in [0.717, 1.165) is 17.5 Å². The number of anilines is 1. The first-order valence-corrected chi connectivity index (χ1v) is 9.54. The van der Waals surface area contributed by atoms with Gasteiger partial charge in [-0.15, -0.1) is 0 Å². The smallest absolute Gasteiger partial charge is 0.345 e. The summed E-state index contributed by atoms with van der Waals surface area (Å²) >= 11 is 6.16. The van der Waals surface area contributed by atoms with Crippen molar-refractivity contribution in [1.29, 1.82) is 0 Å². The van der Waals surface area contributed by atoms with Gasteiger partial charge in [-0.2, -0.15) is 0 Å². The van der Waals surface area contributed by atoms with Crippen LogP contribution >= 0.6 is 11.6 Å². The minimum Gasteiger partial charge on any atom is -0.462 e. The molecule has 2 aromatic carbocycles. The Morgan fingerprint density at radius 3 is 2.54 bits per heavy atom. The van der Waals surface area contributed by atoms with Crippen molar-refractivity contribution in [3.63, 3.8) is 0 Å². The van der Waals surface area contributed by atoms with Crippen LogP contribution in [0.3, 0.4) is 0 Å². The summed E-state index contributed by atoms with van der Waals surface area (Å²) in [4.78, 5) is 25.9. The molecule has 1 aliphatic heterocycles. The Hall–Kier alpha value is -2.79. The molecule has 1 amide bonds. The van der Waals surface area contributed by atoms with Gasteiger partial charge in [-0.05, 0) is 44.9 Å². The summed E-state index contributed by atoms with van der Waals surface area (Å²) in [7, 11) is 0. The van der Waals surface area contributed by atoms with E-state index in [-0.39, 0.29) is 17.7 Å². The number of hydrogen-bond donors (Lipinski definition) is 2. The fourth-order valence-electron chi connectivity index (χ4n) is 3.30. The van der Waals surface area contributed by atoms with Gasteiger partial charge in [0.1, 0.15) is 5.57 Å². The number of fused-ring (bicyclic) bond motifs is 1. The topological polar surface area (TPSA) is 67.4 Å². The number of esters is 1. The summed E-state index contributed by atoms with van der Waals surface area (Å²) < 4.78 is 5.20. The van der Waals surface area contributed by atoms with E-state index in [1.54, 1.807) is 31.2 Å². The molecule has 6 heteroatoms. The standard InChI is InChI=1S/C22H23ClN2O3/c1-4-28-21(27)18(20(26)24-17-12-8-7-11-16(17)23)19-15-10-6-5-9-14(15)13-22(2,3)25-19/h5-12,25H,4,13H2,1-3H3,(H,24,26)/b19-18-. The van der Waals surface area contributed by atoms with Gasteiger partial charge in [0, 0.05) is 11.1 Å². The number of halogens is 1. The van der Waals surface area contributed by atoms with E-state index in [9.17, 15) is 9.59 Å². The molecule has 0 aliphatic carbocycles. The number of benzene rings is 2. The minimum absolute atomic E-state index is 0.0676. The maximum absolute atomic E-state index is 13.1. The first-order valence-electron chi connectivity index (χ1n) is 9.16. The van der Waals surface area contributed by atoms with Crippen LogP contribution in [0.4, 0.5) is 5.69 Å². The fourth-order valence-corrected chi connectivity index (χ4v) is 3.48. The third kappa shape index (κ3) is 4.20. The van der Waals surface area contributed by atoms with Gasteiger partial charge in [0.15, 0.2) is 0 Å². The minimum atomic E-state index is -0.679. The highest BCUT2D eigenvalue weighted by atomic mass is 35.5. The molecule has 0 bridgehead atoms. The van der Waals surface area contributed by atoms with E-state index in [1.807, 2.05) is 38.1 Å². The predicted molar refractivity (Wildman–Crippen MR) is 111 cm³/mol. The molecule has 1 aliphatic rings. The van der Waals surface area contributed by atoms with E-state index in [1.165, 1.54) is 0 Å². The average molecular weight is 399 g/mol. The van der Waals surface area contributed by atoms with Crippen molar-refractivity contribution in [3.8, 4) is 0 Å². The second-order valence-electron chi connectivity index (χ2n) is 7.25. The summed E-state index contributed by atoms with van der Waals surface area (Å²) in [5, 5.41) is 6.48. The molecule has 0 atom stereocenters. The van der Waals surface area contributed by atoms with Crippen LogP contribution in [-0.2, 0) is 20.7 Å². The molecule has 0 radical (unpaired) electrons. The molecule has 0 saturated heterocycles. The van der Waals surface area contributed by atoms with Gasteiger partial charge in [-0.25, -0.2) is 4.79 Å². The van der Waals surface area contributed by atoms with Gasteiger partial charge >= 0.3 is 5.97 Å². The second kappa shape index (κ2) is 8.07. The number of ether oxygens (including phenoxy) is 1. The largest absolute Gasteiger partial charge is 0.462 e.